The van der Waals surface area contributed by atoms with E-state index in [4.69, 9.17) is 5.73 Å². The monoisotopic (exact) mass is 251 g/mol. The van der Waals surface area contributed by atoms with Gasteiger partial charge in [-0.05, 0) is 23.4 Å². The number of hydrogen-bond donors (Lipinski definition) is 2. The van der Waals surface area contributed by atoms with Gasteiger partial charge in [-0.3, -0.25) is 4.79 Å². The number of aromatic amines is 1. The smallest absolute Gasteiger partial charge is 0.251 e. The first-order chi connectivity index (χ1) is 8.20. The van der Waals surface area contributed by atoms with Gasteiger partial charge < -0.3 is 10.7 Å². The van der Waals surface area contributed by atoms with Crippen molar-refractivity contribution in [3.05, 3.63) is 52.2 Å². The lowest BCUT2D eigenvalue weighted by atomic mass is 10.2. The molecule has 2 rings (SSSR count). The highest BCUT2D eigenvalue weighted by Crippen LogP contribution is 2.29. The SMILES string of the molecule is NCc1cccc(F)c1Sc1nccc(=O)[nH]1. The zero-order valence-corrected chi connectivity index (χ0v) is 9.63. The maximum absolute atomic E-state index is 13.6. The van der Waals surface area contributed by atoms with Crippen LogP contribution < -0.4 is 11.3 Å². The van der Waals surface area contributed by atoms with Gasteiger partial charge in [0, 0.05) is 18.8 Å². The molecule has 0 aliphatic heterocycles. The maximum atomic E-state index is 13.6. The first kappa shape index (κ1) is 11.8. The van der Waals surface area contributed by atoms with E-state index in [9.17, 15) is 9.18 Å². The average Bonchev–Trinajstić information content (AvgIpc) is 2.32. The van der Waals surface area contributed by atoms with Crippen LogP contribution in [0, 0.1) is 5.82 Å². The normalized spacial score (nSPS) is 10.5. The van der Waals surface area contributed by atoms with E-state index in [2.05, 4.69) is 9.97 Å². The van der Waals surface area contributed by atoms with Gasteiger partial charge in [-0.2, -0.15) is 0 Å². The third-order valence-corrected chi connectivity index (χ3v) is 3.18. The molecular formula is C11H10FN3OS. The van der Waals surface area contributed by atoms with Crippen LogP contribution in [0.15, 0.2) is 45.3 Å². The minimum Gasteiger partial charge on any atom is -0.326 e. The zero-order valence-electron chi connectivity index (χ0n) is 8.81. The molecule has 0 saturated heterocycles. The lowest BCUT2D eigenvalue weighted by molar-refractivity contribution is 0.596. The van der Waals surface area contributed by atoms with Gasteiger partial charge in [-0.25, -0.2) is 9.37 Å². The summed E-state index contributed by atoms with van der Waals surface area (Å²) in [6, 6.07) is 5.99. The molecule has 4 nitrogen and oxygen atoms in total. The zero-order chi connectivity index (χ0) is 12.3. The molecule has 1 heterocycles. The van der Waals surface area contributed by atoms with E-state index in [1.807, 2.05) is 0 Å². The molecule has 0 unspecified atom stereocenters. The molecule has 1 aromatic carbocycles. The van der Waals surface area contributed by atoms with Crippen molar-refractivity contribution in [2.24, 2.45) is 5.73 Å². The predicted octanol–water partition coefficient (Wildman–Crippen LogP) is 1.52. The molecule has 0 bridgehead atoms. The summed E-state index contributed by atoms with van der Waals surface area (Å²) < 4.78 is 13.6. The van der Waals surface area contributed by atoms with E-state index in [0.717, 1.165) is 11.8 Å². The van der Waals surface area contributed by atoms with Gasteiger partial charge in [-0.15, -0.1) is 0 Å². The van der Waals surface area contributed by atoms with Crippen LogP contribution in [0.3, 0.4) is 0 Å². The highest BCUT2D eigenvalue weighted by molar-refractivity contribution is 7.99. The molecule has 0 saturated carbocycles. The molecule has 0 aliphatic rings. The van der Waals surface area contributed by atoms with Crippen molar-refractivity contribution in [1.82, 2.24) is 9.97 Å². The first-order valence-corrected chi connectivity index (χ1v) is 5.73. The second kappa shape index (κ2) is 5.11. The summed E-state index contributed by atoms with van der Waals surface area (Å²) in [4.78, 5) is 18.0. The number of H-pyrrole nitrogens is 1. The number of aromatic nitrogens is 2. The Kier molecular flexibility index (Phi) is 3.55. The van der Waals surface area contributed by atoms with Crippen LogP contribution in [0.1, 0.15) is 5.56 Å². The molecule has 6 heteroatoms. The fourth-order valence-electron chi connectivity index (χ4n) is 1.33. The summed E-state index contributed by atoms with van der Waals surface area (Å²) in [6.45, 7) is 0.233. The molecule has 2 aromatic rings. The van der Waals surface area contributed by atoms with Gasteiger partial charge >= 0.3 is 0 Å². The van der Waals surface area contributed by atoms with Crippen molar-refractivity contribution in [2.45, 2.75) is 16.6 Å². The predicted molar refractivity (Wildman–Crippen MR) is 63.3 cm³/mol. The van der Waals surface area contributed by atoms with Crippen LogP contribution in [0.2, 0.25) is 0 Å². The second-order valence-electron chi connectivity index (χ2n) is 3.27. The summed E-state index contributed by atoms with van der Waals surface area (Å²) in [5, 5.41) is 0.345. The van der Waals surface area contributed by atoms with Crippen LogP contribution in [-0.2, 0) is 6.54 Å². The Morgan fingerprint density at radius 3 is 2.94 bits per heavy atom. The van der Waals surface area contributed by atoms with Gasteiger partial charge in [0.2, 0.25) is 0 Å². The topological polar surface area (TPSA) is 71.8 Å². The van der Waals surface area contributed by atoms with E-state index < -0.39 is 0 Å². The van der Waals surface area contributed by atoms with Gasteiger partial charge in [0.25, 0.3) is 5.56 Å². The molecule has 1 aromatic heterocycles. The Morgan fingerprint density at radius 1 is 1.41 bits per heavy atom. The van der Waals surface area contributed by atoms with Crippen molar-refractivity contribution < 1.29 is 4.39 Å². The molecule has 0 spiro atoms. The average molecular weight is 251 g/mol. The highest BCUT2D eigenvalue weighted by Gasteiger charge is 2.10. The third-order valence-electron chi connectivity index (χ3n) is 2.12. The molecule has 0 aliphatic carbocycles. The summed E-state index contributed by atoms with van der Waals surface area (Å²) >= 11 is 1.06. The van der Waals surface area contributed by atoms with Crippen LogP contribution in [0.5, 0.6) is 0 Å². The molecule has 0 radical (unpaired) electrons. The molecule has 3 N–H and O–H groups in total. The van der Waals surface area contributed by atoms with Crippen molar-refractivity contribution in [3.63, 3.8) is 0 Å². The number of hydrogen-bond acceptors (Lipinski definition) is 4. The Balaban J connectivity index is 2.39. The van der Waals surface area contributed by atoms with Gasteiger partial charge in [0.1, 0.15) is 5.82 Å². The van der Waals surface area contributed by atoms with Crippen LogP contribution in [0.4, 0.5) is 4.39 Å². The van der Waals surface area contributed by atoms with E-state index >= 15 is 0 Å². The summed E-state index contributed by atoms with van der Waals surface area (Å²) in [6.07, 6.45) is 1.38. The number of nitrogens with zero attached hydrogens (tertiary/aromatic N) is 1. The quantitative estimate of drug-likeness (QED) is 0.811. The lowest BCUT2D eigenvalue weighted by Gasteiger charge is -2.07. The van der Waals surface area contributed by atoms with Crippen LogP contribution in [-0.4, -0.2) is 9.97 Å². The molecule has 0 fully saturated rings. The van der Waals surface area contributed by atoms with E-state index in [0.29, 0.717) is 15.6 Å². The lowest BCUT2D eigenvalue weighted by Crippen LogP contribution is -2.06. The van der Waals surface area contributed by atoms with Crippen molar-refractivity contribution in [1.29, 1.82) is 0 Å². The maximum Gasteiger partial charge on any atom is 0.251 e. The van der Waals surface area contributed by atoms with Gasteiger partial charge in [0.15, 0.2) is 5.16 Å². The largest absolute Gasteiger partial charge is 0.326 e. The number of benzene rings is 1. The van der Waals surface area contributed by atoms with Crippen molar-refractivity contribution in [3.8, 4) is 0 Å². The number of nitrogens with one attached hydrogen (secondary N) is 1. The molecular weight excluding hydrogens is 241 g/mol. The first-order valence-electron chi connectivity index (χ1n) is 4.91. The van der Waals surface area contributed by atoms with Crippen LogP contribution >= 0.6 is 11.8 Å². The van der Waals surface area contributed by atoms with Crippen molar-refractivity contribution in [2.75, 3.05) is 0 Å². The Bertz CT molecular complexity index is 585. The number of halogens is 1. The fourth-order valence-corrected chi connectivity index (χ4v) is 2.24. The second-order valence-corrected chi connectivity index (χ2v) is 4.27. The summed E-state index contributed by atoms with van der Waals surface area (Å²) in [5.41, 5.74) is 5.94. The van der Waals surface area contributed by atoms with E-state index in [-0.39, 0.29) is 17.9 Å². The highest BCUT2D eigenvalue weighted by atomic mass is 32.2. The Hall–Kier alpha value is -1.66. The Morgan fingerprint density at radius 2 is 2.24 bits per heavy atom. The third kappa shape index (κ3) is 2.72. The summed E-state index contributed by atoms with van der Waals surface area (Å²) in [5.74, 6) is -0.371. The summed E-state index contributed by atoms with van der Waals surface area (Å²) in [7, 11) is 0. The van der Waals surface area contributed by atoms with Crippen molar-refractivity contribution >= 4 is 11.8 Å². The molecule has 0 atom stereocenters. The van der Waals surface area contributed by atoms with Crippen LogP contribution in [0.25, 0.3) is 0 Å². The fraction of sp³-hybridized carbons (Fsp3) is 0.0909. The molecule has 17 heavy (non-hydrogen) atoms. The number of nitrogens with two attached hydrogens (primary N) is 1. The molecule has 0 amide bonds. The standard InChI is InChI=1S/C11H10FN3OS/c12-8-3-1-2-7(6-13)10(8)17-11-14-5-4-9(16)15-11/h1-5H,6,13H2,(H,14,15,16). The van der Waals surface area contributed by atoms with Gasteiger partial charge in [0.05, 0.1) is 4.90 Å². The minimum absolute atomic E-state index is 0.233. The minimum atomic E-state index is -0.371. The Labute approximate surface area is 101 Å². The number of rotatable bonds is 3. The molecule has 88 valence electrons. The van der Waals surface area contributed by atoms with Gasteiger partial charge in [-0.1, -0.05) is 12.1 Å². The van der Waals surface area contributed by atoms with E-state index in [1.165, 1.54) is 18.3 Å². The van der Waals surface area contributed by atoms with E-state index in [1.54, 1.807) is 12.1 Å².